The maximum absolute atomic E-state index is 12.9. The van der Waals surface area contributed by atoms with E-state index in [-0.39, 0.29) is 5.56 Å². The lowest BCUT2D eigenvalue weighted by molar-refractivity contribution is 0.590. The summed E-state index contributed by atoms with van der Waals surface area (Å²) in [7, 11) is -3.38. The first-order valence-corrected chi connectivity index (χ1v) is 5.62. The van der Waals surface area contributed by atoms with Gasteiger partial charge in [-0.15, -0.1) is 0 Å². The number of hydrogen-bond donors (Lipinski definition) is 1. The Bertz CT molecular complexity index is 442. The predicted octanol–water partition coefficient (Wildman–Crippen LogP) is 0.709. The van der Waals surface area contributed by atoms with E-state index < -0.39 is 15.8 Å². The van der Waals surface area contributed by atoms with Gasteiger partial charge in [0, 0.05) is 5.56 Å². The van der Waals surface area contributed by atoms with Crippen molar-refractivity contribution in [3.05, 3.63) is 35.6 Å². The Morgan fingerprint density at radius 1 is 1.43 bits per heavy atom. The van der Waals surface area contributed by atoms with Gasteiger partial charge in [-0.2, -0.15) is 5.10 Å². The van der Waals surface area contributed by atoms with Crippen molar-refractivity contribution in [2.75, 3.05) is 6.26 Å². The molecular formula is C8H9FN2O2S. The molecule has 0 aliphatic carbocycles. The van der Waals surface area contributed by atoms with Crippen molar-refractivity contribution >= 4 is 16.2 Å². The summed E-state index contributed by atoms with van der Waals surface area (Å²) in [6, 6.07) is 5.92. The van der Waals surface area contributed by atoms with Gasteiger partial charge in [0.05, 0.1) is 12.5 Å². The van der Waals surface area contributed by atoms with Gasteiger partial charge in [0.2, 0.25) is 10.0 Å². The average Bonchev–Trinajstić information content (AvgIpc) is 2.06. The number of hydrazone groups is 1. The van der Waals surface area contributed by atoms with Crippen LogP contribution in [0, 0.1) is 5.82 Å². The normalized spacial score (nSPS) is 11.9. The summed E-state index contributed by atoms with van der Waals surface area (Å²) in [6.07, 6.45) is 2.07. The van der Waals surface area contributed by atoms with Crippen molar-refractivity contribution in [3.63, 3.8) is 0 Å². The number of hydrogen-bond acceptors (Lipinski definition) is 3. The van der Waals surface area contributed by atoms with Crippen LogP contribution in [0.3, 0.4) is 0 Å². The summed E-state index contributed by atoms with van der Waals surface area (Å²) in [5.74, 6) is -0.452. The molecule has 0 atom stereocenters. The fraction of sp³-hybridized carbons (Fsp3) is 0.125. The van der Waals surface area contributed by atoms with Crippen molar-refractivity contribution in [1.82, 2.24) is 4.83 Å². The molecule has 1 rings (SSSR count). The quantitative estimate of drug-likeness (QED) is 0.597. The van der Waals surface area contributed by atoms with Crippen molar-refractivity contribution < 1.29 is 12.8 Å². The molecule has 0 radical (unpaired) electrons. The van der Waals surface area contributed by atoms with Crippen LogP contribution in [-0.2, 0) is 10.0 Å². The Morgan fingerprint density at radius 3 is 2.64 bits per heavy atom. The van der Waals surface area contributed by atoms with Gasteiger partial charge in [-0.25, -0.2) is 17.6 Å². The number of halogens is 1. The van der Waals surface area contributed by atoms with E-state index in [0.29, 0.717) is 0 Å². The van der Waals surface area contributed by atoms with Crippen molar-refractivity contribution in [2.24, 2.45) is 5.10 Å². The SMILES string of the molecule is CS(=O)(=O)NN=Cc1ccccc1F. The van der Waals surface area contributed by atoms with Gasteiger partial charge in [0.1, 0.15) is 5.82 Å². The fourth-order valence-electron chi connectivity index (χ4n) is 0.771. The summed E-state index contributed by atoms with van der Waals surface area (Å²) >= 11 is 0. The number of benzene rings is 1. The molecule has 1 N–H and O–H groups in total. The molecule has 0 heterocycles. The highest BCUT2D eigenvalue weighted by molar-refractivity contribution is 7.88. The summed E-state index contributed by atoms with van der Waals surface area (Å²) in [4.78, 5) is 1.87. The monoisotopic (exact) mass is 216 g/mol. The molecule has 6 heteroatoms. The van der Waals surface area contributed by atoms with E-state index in [2.05, 4.69) is 5.10 Å². The fourth-order valence-corrected chi connectivity index (χ4v) is 1.02. The minimum atomic E-state index is -3.38. The minimum Gasteiger partial charge on any atom is -0.206 e. The molecule has 0 bridgehead atoms. The summed E-state index contributed by atoms with van der Waals surface area (Å²) < 4.78 is 34.1. The predicted molar refractivity (Wildman–Crippen MR) is 52.0 cm³/mol. The van der Waals surface area contributed by atoms with Gasteiger partial charge in [0.25, 0.3) is 0 Å². The number of sulfonamides is 1. The van der Waals surface area contributed by atoms with E-state index >= 15 is 0 Å². The second kappa shape index (κ2) is 4.19. The standard InChI is InChI=1S/C8H9FN2O2S/c1-14(12,13)11-10-6-7-4-2-3-5-8(7)9/h2-6,11H,1H3. The Hall–Kier alpha value is -1.43. The van der Waals surface area contributed by atoms with Crippen LogP contribution in [0.4, 0.5) is 4.39 Å². The van der Waals surface area contributed by atoms with Crippen LogP contribution in [0.25, 0.3) is 0 Å². The lowest BCUT2D eigenvalue weighted by Gasteiger charge is -1.96. The van der Waals surface area contributed by atoms with Gasteiger partial charge >= 0.3 is 0 Å². The zero-order chi connectivity index (χ0) is 10.6. The zero-order valence-electron chi connectivity index (χ0n) is 7.44. The number of nitrogens with one attached hydrogen (secondary N) is 1. The first-order valence-electron chi connectivity index (χ1n) is 3.73. The van der Waals surface area contributed by atoms with Gasteiger partial charge < -0.3 is 0 Å². The van der Waals surface area contributed by atoms with E-state index in [4.69, 9.17) is 0 Å². The lowest BCUT2D eigenvalue weighted by atomic mass is 10.2. The number of rotatable bonds is 3. The maximum Gasteiger partial charge on any atom is 0.244 e. The maximum atomic E-state index is 12.9. The second-order valence-electron chi connectivity index (χ2n) is 2.64. The second-order valence-corrected chi connectivity index (χ2v) is 4.37. The highest BCUT2D eigenvalue weighted by Gasteiger charge is 1.97. The van der Waals surface area contributed by atoms with Gasteiger partial charge in [-0.3, -0.25) is 0 Å². The lowest BCUT2D eigenvalue weighted by Crippen LogP contribution is -2.15. The van der Waals surface area contributed by atoms with Crippen LogP contribution >= 0.6 is 0 Å². The van der Waals surface area contributed by atoms with Crippen LogP contribution in [0.5, 0.6) is 0 Å². The third-order valence-corrected chi connectivity index (χ3v) is 1.76. The molecule has 0 fully saturated rings. The first kappa shape index (κ1) is 10.6. The molecule has 0 aromatic heterocycles. The van der Waals surface area contributed by atoms with Gasteiger partial charge in [-0.05, 0) is 6.07 Å². The molecule has 76 valence electrons. The minimum absolute atomic E-state index is 0.226. The molecule has 1 aromatic carbocycles. The molecule has 0 unspecified atom stereocenters. The van der Waals surface area contributed by atoms with E-state index in [1.807, 2.05) is 4.83 Å². The topological polar surface area (TPSA) is 58.5 Å². The molecule has 1 aromatic rings. The van der Waals surface area contributed by atoms with Crippen LogP contribution in [0.15, 0.2) is 29.4 Å². The van der Waals surface area contributed by atoms with E-state index in [9.17, 15) is 12.8 Å². The Balaban J connectivity index is 2.75. The summed E-state index contributed by atoms with van der Waals surface area (Å²) in [5, 5.41) is 3.37. The van der Waals surface area contributed by atoms with Crippen LogP contribution in [0.2, 0.25) is 0 Å². The Labute approximate surface area is 81.5 Å². The molecule has 0 amide bonds. The van der Waals surface area contributed by atoms with Gasteiger partial charge in [-0.1, -0.05) is 18.2 Å². The van der Waals surface area contributed by atoms with Crippen molar-refractivity contribution in [1.29, 1.82) is 0 Å². The van der Waals surface area contributed by atoms with E-state index in [1.165, 1.54) is 18.2 Å². The molecular weight excluding hydrogens is 207 g/mol. The summed E-state index contributed by atoms with van der Waals surface area (Å²) in [6.45, 7) is 0. The number of nitrogens with zero attached hydrogens (tertiary/aromatic N) is 1. The molecule has 0 aliphatic rings. The van der Waals surface area contributed by atoms with E-state index in [0.717, 1.165) is 12.5 Å². The van der Waals surface area contributed by atoms with Crippen LogP contribution < -0.4 is 4.83 Å². The van der Waals surface area contributed by atoms with Gasteiger partial charge in [0.15, 0.2) is 0 Å². The van der Waals surface area contributed by atoms with Crippen LogP contribution in [0.1, 0.15) is 5.56 Å². The zero-order valence-corrected chi connectivity index (χ0v) is 8.25. The van der Waals surface area contributed by atoms with Crippen LogP contribution in [-0.4, -0.2) is 20.9 Å². The highest BCUT2D eigenvalue weighted by atomic mass is 32.2. The molecule has 14 heavy (non-hydrogen) atoms. The smallest absolute Gasteiger partial charge is 0.206 e. The first-order chi connectivity index (χ1) is 6.49. The largest absolute Gasteiger partial charge is 0.244 e. The molecule has 4 nitrogen and oxygen atoms in total. The molecule has 0 saturated heterocycles. The summed E-state index contributed by atoms with van der Waals surface area (Å²) in [5.41, 5.74) is 0.226. The van der Waals surface area contributed by atoms with E-state index in [1.54, 1.807) is 6.07 Å². The third-order valence-electron chi connectivity index (χ3n) is 1.33. The molecule has 0 aliphatic heterocycles. The molecule has 0 spiro atoms. The Kier molecular flexibility index (Phi) is 3.19. The highest BCUT2D eigenvalue weighted by Crippen LogP contribution is 2.02. The van der Waals surface area contributed by atoms with Crippen molar-refractivity contribution in [3.8, 4) is 0 Å². The third kappa shape index (κ3) is 3.53. The average molecular weight is 216 g/mol. The van der Waals surface area contributed by atoms with Crippen molar-refractivity contribution in [2.45, 2.75) is 0 Å². The molecule has 0 saturated carbocycles. The Morgan fingerprint density at radius 2 is 2.07 bits per heavy atom.